The SMILES string of the molecule is N#Cc1ccc(NCc2ccc(C(=O)O)cc2Br)c(Br)c1. The van der Waals surface area contributed by atoms with Crippen LogP contribution < -0.4 is 5.32 Å². The number of nitrogens with zero attached hydrogens (tertiary/aromatic N) is 1. The van der Waals surface area contributed by atoms with Gasteiger partial charge < -0.3 is 10.4 Å². The van der Waals surface area contributed by atoms with Crippen molar-refractivity contribution in [3.05, 3.63) is 62.0 Å². The molecule has 0 spiro atoms. The summed E-state index contributed by atoms with van der Waals surface area (Å²) >= 11 is 6.78. The molecule has 0 aromatic heterocycles. The number of nitrogens with one attached hydrogen (secondary N) is 1. The van der Waals surface area contributed by atoms with E-state index in [0.29, 0.717) is 12.1 Å². The number of hydrogen-bond acceptors (Lipinski definition) is 3. The van der Waals surface area contributed by atoms with E-state index in [4.69, 9.17) is 10.4 Å². The van der Waals surface area contributed by atoms with Gasteiger partial charge in [0.15, 0.2) is 0 Å². The van der Waals surface area contributed by atoms with Crippen LogP contribution in [0.5, 0.6) is 0 Å². The van der Waals surface area contributed by atoms with Gasteiger partial charge in [0, 0.05) is 21.2 Å². The fourth-order valence-corrected chi connectivity index (χ4v) is 2.78. The monoisotopic (exact) mass is 408 g/mol. The molecule has 4 nitrogen and oxygen atoms in total. The summed E-state index contributed by atoms with van der Waals surface area (Å²) in [4.78, 5) is 10.9. The van der Waals surface area contributed by atoms with Crippen molar-refractivity contribution in [3.8, 4) is 6.07 Å². The molecule has 0 aliphatic heterocycles. The molecule has 0 radical (unpaired) electrons. The number of halogens is 2. The third kappa shape index (κ3) is 3.84. The molecule has 0 unspecified atom stereocenters. The predicted molar refractivity (Wildman–Crippen MR) is 87.3 cm³/mol. The highest BCUT2D eigenvalue weighted by atomic mass is 79.9. The highest BCUT2D eigenvalue weighted by Crippen LogP contribution is 2.25. The molecule has 0 atom stereocenters. The van der Waals surface area contributed by atoms with Crippen molar-refractivity contribution in [3.63, 3.8) is 0 Å². The average Bonchev–Trinajstić information content (AvgIpc) is 2.46. The Morgan fingerprint density at radius 3 is 2.52 bits per heavy atom. The maximum Gasteiger partial charge on any atom is 0.335 e. The van der Waals surface area contributed by atoms with Crippen molar-refractivity contribution >= 4 is 43.5 Å². The van der Waals surface area contributed by atoms with Crippen LogP contribution in [0.15, 0.2) is 45.3 Å². The van der Waals surface area contributed by atoms with Gasteiger partial charge in [-0.15, -0.1) is 0 Å². The van der Waals surface area contributed by atoms with Crippen LogP contribution in [0.25, 0.3) is 0 Å². The topological polar surface area (TPSA) is 73.1 Å². The Hall–Kier alpha value is -1.84. The van der Waals surface area contributed by atoms with Gasteiger partial charge >= 0.3 is 5.97 Å². The Morgan fingerprint density at radius 1 is 1.19 bits per heavy atom. The second-order valence-corrected chi connectivity index (χ2v) is 5.98. The van der Waals surface area contributed by atoms with Gasteiger partial charge in [0.2, 0.25) is 0 Å². The number of rotatable bonds is 4. The number of benzene rings is 2. The standard InChI is InChI=1S/C15H10Br2N2O2/c16-12-6-10(15(20)21)2-3-11(12)8-19-14-4-1-9(7-18)5-13(14)17/h1-6,19H,8H2,(H,20,21). The number of anilines is 1. The molecule has 106 valence electrons. The lowest BCUT2D eigenvalue weighted by molar-refractivity contribution is 0.0697. The van der Waals surface area contributed by atoms with E-state index >= 15 is 0 Å². The quantitative estimate of drug-likeness (QED) is 0.785. The Balaban J connectivity index is 2.13. The van der Waals surface area contributed by atoms with E-state index in [1.807, 2.05) is 6.07 Å². The summed E-state index contributed by atoms with van der Waals surface area (Å²) in [6.45, 7) is 0.533. The molecule has 6 heteroatoms. The first kappa shape index (κ1) is 15.5. The number of nitriles is 1. The number of aromatic carboxylic acids is 1. The molecule has 0 heterocycles. The maximum absolute atomic E-state index is 10.9. The van der Waals surface area contributed by atoms with Crippen molar-refractivity contribution in [2.75, 3.05) is 5.32 Å². The Bertz CT molecular complexity index is 739. The van der Waals surface area contributed by atoms with E-state index in [9.17, 15) is 4.79 Å². The zero-order valence-corrected chi connectivity index (χ0v) is 13.9. The molecular formula is C15H10Br2N2O2. The minimum atomic E-state index is -0.954. The molecule has 2 aromatic carbocycles. The molecule has 0 saturated heterocycles. The molecule has 0 amide bonds. The first-order chi connectivity index (χ1) is 10.0. The smallest absolute Gasteiger partial charge is 0.335 e. The molecule has 0 aliphatic rings. The van der Waals surface area contributed by atoms with E-state index < -0.39 is 5.97 Å². The minimum Gasteiger partial charge on any atom is -0.478 e. The van der Waals surface area contributed by atoms with Gasteiger partial charge in [0.1, 0.15) is 0 Å². The summed E-state index contributed by atoms with van der Waals surface area (Å²) < 4.78 is 1.54. The van der Waals surface area contributed by atoms with Crippen LogP contribution in [0.1, 0.15) is 21.5 Å². The third-order valence-corrected chi connectivity index (χ3v) is 4.26. The lowest BCUT2D eigenvalue weighted by Gasteiger charge is -2.10. The van der Waals surface area contributed by atoms with Crippen LogP contribution in [-0.2, 0) is 6.54 Å². The third-order valence-electron chi connectivity index (χ3n) is 2.87. The Kier molecular flexibility index (Phi) is 4.99. The highest BCUT2D eigenvalue weighted by Gasteiger charge is 2.07. The van der Waals surface area contributed by atoms with Gasteiger partial charge in [0.05, 0.1) is 17.2 Å². The lowest BCUT2D eigenvalue weighted by Crippen LogP contribution is -2.03. The highest BCUT2D eigenvalue weighted by molar-refractivity contribution is 9.11. The first-order valence-electron chi connectivity index (χ1n) is 5.96. The van der Waals surface area contributed by atoms with Crippen molar-refractivity contribution in [1.82, 2.24) is 0 Å². The van der Waals surface area contributed by atoms with E-state index in [-0.39, 0.29) is 5.56 Å². The first-order valence-corrected chi connectivity index (χ1v) is 7.55. The van der Waals surface area contributed by atoms with Gasteiger partial charge in [-0.1, -0.05) is 22.0 Å². The van der Waals surface area contributed by atoms with Crippen molar-refractivity contribution in [1.29, 1.82) is 5.26 Å². The molecule has 0 saturated carbocycles. The normalized spacial score (nSPS) is 9.95. The molecule has 0 aliphatic carbocycles. The Labute approximate surface area is 138 Å². The average molecular weight is 410 g/mol. The van der Waals surface area contributed by atoms with Crippen molar-refractivity contribution in [2.45, 2.75) is 6.54 Å². The molecule has 2 rings (SSSR count). The number of hydrogen-bond donors (Lipinski definition) is 2. The molecular weight excluding hydrogens is 400 g/mol. The minimum absolute atomic E-state index is 0.241. The molecule has 2 aromatic rings. The second-order valence-electron chi connectivity index (χ2n) is 4.27. The van der Waals surface area contributed by atoms with Crippen LogP contribution in [0.3, 0.4) is 0 Å². The van der Waals surface area contributed by atoms with Crippen LogP contribution >= 0.6 is 31.9 Å². The van der Waals surface area contributed by atoms with Gasteiger partial charge in [-0.2, -0.15) is 5.26 Å². The van der Waals surface area contributed by atoms with Crippen LogP contribution in [0, 0.1) is 11.3 Å². The van der Waals surface area contributed by atoms with E-state index in [1.165, 1.54) is 0 Å². The summed E-state index contributed by atoms with van der Waals surface area (Å²) in [6, 6.07) is 12.3. The van der Waals surface area contributed by atoms with Gasteiger partial charge in [0.25, 0.3) is 0 Å². The number of carboxylic acid groups (broad SMARTS) is 1. The van der Waals surface area contributed by atoms with Crippen LogP contribution in [0.4, 0.5) is 5.69 Å². The summed E-state index contributed by atoms with van der Waals surface area (Å²) in [5.41, 5.74) is 2.63. The fourth-order valence-electron chi connectivity index (χ4n) is 1.74. The largest absolute Gasteiger partial charge is 0.478 e. The van der Waals surface area contributed by atoms with Gasteiger partial charge in [-0.3, -0.25) is 0 Å². The molecule has 21 heavy (non-hydrogen) atoms. The summed E-state index contributed by atoms with van der Waals surface area (Å²) in [5.74, 6) is -0.954. The molecule has 0 bridgehead atoms. The van der Waals surface area contributed by atoms with E-state index in [2.05, 4.69) is 43.2 Å². The number of carbonyl (C=O) groups is 1. The Morgan fingerprint density at radius 2 is 1.95 bits per heavy atom. The van der Waals surface area contributed by atoms with Crippen molar-refractivity contribution in [2.24, 2.45) is 0 Å². The lowest BCUT2D eigenvalue weighted by atomic mass is 10.1. The van der Waals surface area contributed by atoms with Crippen LogP contribution in [0.2, 0.25) is 0 Å². The van der Waals surface area contributed by atoms with Crippen molar-refractivity contribution < 1.29 is 9.90 Å². The molecule has 2 N–H and O–H groups in total. The predicted octanol–water partition coefficient (Wildman–Crippen LogP) is 4.39. The number of carboxylic acids is 1. The van der Waals surface area contributed by atoms with E-state index in [0.717, 1.165) is 20.2 Å². The van der Waals surface area contributed by atoms with Crippen LogP contribution in [-0.4, -0.2) is 11.1 Å². The second kappa shape index (κ2) is 6.74. The van der Waals surface area contributed by atoms with Gasteiger partial charge in [-0.05, 0) is 51.8 Å². The zero-order chi connectivity index (χ0) is 15.4. The summed E-state index contributed by atoms with van der Waals surface area (Å²) in [6.07, 6.45) is 0. The maximum atomic E-state index is 10.9. The summed E-state index contributed by atoms with van der Waals surface area (Å²) in [5, 5.41) is 21.0. The summed E-state index contributed by atoms with van der Waals surface area (Å²) in [7, 11) is 0. The molecule has 0 fully saturated rings. The van der Waals surface area contributed by atoms with E-state index in [1.54, 1.807) is 30.3 Å². The van der Waals surface area contributed by atoms with Gasteiger partial charge in [-0.25, -0.2) is 4.79 Å². The fraction of sp³-hybridized carbons (Fsp3) is 0.0667. The zero-order valence-electron chi connectivity index (χ0n) is 10.7.